The molecule has 0 spiro atoms. The summed E-state index contributed by atoms with van der Waals surface area (Å²) in [4.78, 5) is 58.5. The van der Waals surface area contributed by atoms with E-state index in [4.69, 9.17) is 18.3 Å². The topological polar surface area (TPSA) is 201 Å². The third-order valence-electron chi connectivity index (χ3n) is 8.88. The number of nitrogens with one attached hydrogen (secondary N) is 2. The van der Waals surface area contributed by atoms with Gasteiger partial charge in [-0.25, -0.2) is 0 Å². The summed E-state index contributed by atoms with van der Waals surface area (Å²) in [6.45, 7) is 2.19. The standard InChI is InChI=1S/2C20H19N3O4S.H2O/c2*1-23(19-21-15-4-2-3-5-17(15)27-19)10-11-26-14-8-6-13(7-9-14)12-16-18(24)28-20(25)22-16;/h2*2-9,16H,10-12H2,1H3,(H,22,25);1H2. The molecule has 2 saturated heterocycles. The lowest BCUT2D eigenvalue weighted by molar-refractivity contribution is -0.112. The zero-order chi connectivity index (χ0) is 39.0. The number of benzene rings is 4. The summed E-state index contributed by atoms with van der Waals surface area (Å²) in [5.41, 5.74) is 5.12. The van der Waals surface area contributed by atoms with Gasteiger partial charge >= 0.3 is 0 Å². The molecule has 2 aliphatic rings. The number of carbonyl (C=O) groups excluding carboxylic acids is 4. The fourth-order valence-electron chi connectivity index (χ4n) is 5.81. The number of nitrogens with zero attached hydrogens (tertiary/aromatic N) is 4. The fraction of sp³-hybridized carbons (Fsp3) is 0.250. The van der Waals surface area contributed by atoms with Gasteiger partial charge in [-0.15, -0.1) is 0 Å². The number of ether oxygens (including phenoxy) is 2. The van der Waals surface area contributed by atoms with Crippen LogP contribution in [0, 0.1) is 0 Å². The highest BCUT2D eigenvalue weighted by Gasteiger charge is 2.32. The van der Waals surface area contributed by atoms with Gasteiger partial charge in [0, 0.05) is 50.5 Å². The summed E-state index contributed by atoms with van der Waals surface area (Å²) in [6.07, 6.45) is 0.969. The van der Waals surface area contributed by atoms with Crippen molar-refractivity contribution < 1.29 is 43.0 Å². The molecule has 0 aliphatic carbocycles. The lowest BCUT2D eigenvalue weighted by Gasteiger charge is -2.15. The molecule has 2 aliphatic heterocycles. The number of para-hydroxylation sites is 4. The maximum absolute atomic E-state index is 11.7. The maximum atomic E-state index is 11.7. The van der Waals surface area contributed by atoms with E-state index in [-0.39, 0.29) is 26.2 Å². The number of aromatic nitrogens is 2. The van der Waals surface area contributed by atoms with Crippen molar-refractivity contribution in [3.05, 3.63) is 108 Å². The van der Waals surface area contributed by atoms with Crippen molar-refractivity contribution >= 4 is 78.5 Å². The van der Waals surface area contributed by atoms with Crippen LogP contribution < -0.4 is 29.9 Å². The first-order valence-electron chi connectivity index (χ1n) is 17.8. The predicted octanol–water partition coefficient (Wildman–Crippen LogP) is 5.65. The summed E-state index contributed by atoms with van der Waals surface area (Å²) >= 11 is 1.47. The van der Waals surface area contributed by atoms with E-state index in [2.05, 4.69) is 20.6 Å². The summed E-state index contributed by atoms with van der Waals surface area (Å²) in [5, 5.41) is 4.50. The van der Waals surface area contributed by atoms with Gasteiger partial charge in [-0.2, -0.15) is 9.97 Å². The van der Waals surface area contributed by atoms with Crippen molar-refractivity contribution in [2.75, 3.05) is 50.2 Å². The molecular formula is C40H40N6O9S2. The molecule has 0 saturated carbocycles. The molecular weight excluding hydrogens is 773 g/mol. The molecule has 2 fully saturated rings. The van der Waals surface area contributed by atoms with Crippen LogP contribution >= 0.6 is 23.5 Å². The molecule has 0 bridgehead atoms. The molecule has 57 heavy (non-hydrogen) atoms. The van der Waals surface area contributed by atoms with Crippen molar-refractivity contribution in [2.24, 2.45) is 0 Å². The van der Waals surface area contributed by atoms with Gasteiger partial charge in [-0.05, 0) is 59.7 Å². The van der Waals surface area contributed by atoms with Crippen LogP contribution in [0.5, 0.6) is 11.5 Å². The van der Waals surface area contributed by atoms with Crippen molar-refractivity contribution in [3.8, 4) is 11.5 Å². The molecule has 2 amide bonds. The number of oxazole rings is 2. The van der Waals surface area contributed by atoms with Crippen LogP contribution in [0.4, 0.5) is 21.6 Å². The molecule has 2 aromatic heterocycles. The van der Waals surface area contributed by atoms with Gasteiger partial charge in [-0.1, -0.05) is 48.5 Å². The minimum absolute atomic E-state index is 0. The third kappa shape index (κ3) is 10.6. The zero-order valence-corrected chi connectivity index (χ0v) is 32.6. The number of hydrogen-bond acceptors (Lipinski definition) is 14. The Balaban J connectivity index is 0.000000189. The highest BCUT2D eigenvalue weighted by Crippen LogP contribution is 2.24. The van der Waals surface area contributed by atoms with Crippen LogP contribution in [-0.2, 0) is 22.4 Å². The smallest absolute Gasteiger partial charge is 0.298 e. The van der Waals surface area contributed by atoms with Crippen LogP contribution in [0.1, 0.15) is 11.1 Å². The SMILES string of the molecule is CN(CCOc1ccc(CC2NC(=O)SC2=O)cc1)c1nc2ccccc2o1.CN(CCOc1ccc(CC2NC(=O)SC2=O)cc1)c1nc2ccccc2o1.O. The first-order valence-corrected chi connectivity index (χ1v) is 19.4. The Morgan fingerprint density at radius 2 is 0.982 bits per heavy atom. The minimum Gasteiger partial charge on any atom is -0.492 e. The Morgan fingerprint density at radius 1 is 0.596 bits per heavy atom. The molecule has 17 heteroatoms. The van der Waals surface area contributed by atoms with Crippen molar-refractivity contribution in [1.29, 1.82) is 0 Å². The van der Waals surface area contributed by atoms with Gasteiger partial charge in [0.15, 0.2) is 11.2 Å². The van der Waals surface area contributed by atoms with Crippen LogP contribution in [0.3, 0.4) is 0 Å². The number of thioether (sulfide) groups is 2. The van der Waals surface area contributed by atoms with Crippen molar-refractivity contribution in [1.82, 2.24) is 20.6 Å². The molecule has 2 atom stereocenters. The molecule has 296 valence electrons. The Morgan fingerprint density at radius 3 is 1.33 bits per heavy atom. The predicted molar refractivity (Wildman–Crippen MR) is 219 cm³/mol. The summed E-state index contributed by atoms with van der Waals surface area (Å²) in [5.74, 6) is 1.48. The number of carbonyl (C=O) groups is 4. The van der Waals surface area contributed by atoms with E-state index in [1.54, 1.807) is 0 Å². The van der Waals surface area contributed by atoms with Crippen LogP contribution in [0.25, 0.3) is 22.2 Å². The second-order valence-electron chi connectivity index (χ2n) is 13.0. The molecule has 2 unspecified atom stereocenters. The molecule has 8 rings (SSSR count). The highest BCUT2D eigenvalue weighted by molar-refractivity contribution is 8.27. The van der Waals surface area contributed by atoms with Gasteiger partial charge in [0.1, 0.15) is 47.8 Å². The first-order chi connectivity index (χ1) is 27.2. The lowest BCUT2D eigenvalue weighted by Crippen LogP contribution is -2.30. The summed E-state index contributed by atoms with van der Waals surface area (Å²) in [6, 6.07) is 30.6. The Hall–Kier alpha value is -6.04. The van der Waals surface area contributed by atoms with Gasteiger partial charge in [-0.3, -0.25) is 19.2 Å². The number of amides is 2. The number of anilines is 2. The molecule has 4 N–H and O–H groups in total. The monoisotopic (exact) mass is 812 g/mol. The third-order valence-corrected chi connectivity index (χ3v) is 10.5. The van der Waals surface area contributed by atoms with E-state index < -0.39 is 12.1 Å². The molecule has 4 aromatic carbocycles. The zero-order valence-electron chi connectivity index (χ0n) is 31.0. The second-order valence-corrected chi connectivity index (χ2v) is 14.9. The molecule has 15 nitrogen and oxygen atoms in total. The van der Waals surface area contributed by atoms with Crippen LogP contribution in [-0.4, -0.2) is 88.6 Å². The number of hydrogen-bond donors (Lipinski definition) is 2. The summed E-state index contributed by atoms with van der Waals surface area (Å²) < 4.78 is 23.0. The average Bonchev–Trinajstić information content (AvgIpc) is 3.98. The largest absolute Gasteiger partial charge is 0.492 e. The second kappa shape index (κ2) is 18.7. The van der Waals surface area contributed by atoms with E-state index in [9.17, 15) is 19.2 Å². The molecule has 4 heterocycles. The van der Waals surface area contributed by atoms with E-state index in [1.165, 1.54) is 0 Å². The van der Waals surface area contributed by atoms with E-state index in [1.807, 2.05) is 121 Å². The van der Waals surface area contributed by atoms with Crippen LogP contribution in [0.2, 0.25) is 0 Å². The maximum Gasteiger partial charge on any atom is 0.298 e. The Kier molecular flexibility index (Phi) is 13.3. The quantitative estimate of drug-likeness (QED) is 0.137. The average molecular weight is 813 g/mol. The Labute approximate surface area is 335 Å². The van der Waals surface area contributed by atoms with E-state index in [0.29, 0.717) is 51.2 Å². The van der Waals surface area contributed by atoms with Gasteiger partial charge < -0.3 is 44.2 Å². The first kappa shape index (κ1) is 40.6. The van der Waals surface area contributed by atoms with Crippen LogP contribution in [0.15, 0.2) is 106 Å². The van der Waals surface area contributed by atoms with Gasteiger partial charge in [0.2, 0.25) is 10.2 Å². The minimum atomic E-state index is -0.450. The molecule has 0 radical (unpaired) electrons. The van der Waals surface area contributed by atoms with E-state index in [0.717, 1.165) is 68.3 Å². The number of fused-ring (bicyclic) bond motifs is 2. The van der Waals surface area contributed by atoms with Crippen molar-refractivity contribution in [3.63, 3.8) is 0 Å². The number of likely N-dealkylation sites (N-methyl/N-ethyl adjacent to an activating group) is 2. The summed E-state index contributed by atoms with van der Waals surface area (Å²) in [7, 11) is 3.81. The normalized spacial score (nSPS) is 16.1. The van der Waals surface area contributed by atoms with E-state index >= 15 is 0 Å². The van der Waals surface area contributed by atoms with Gasteiger partial charge in [0.05, 0.1) is 13.1 Å². The Bertz CT molecular complexity index is 2100. The molecule has 6 aromatic rings. The number of rotatable bonds is 14. The van der Waals surface area contributed by atoms with Gasteiger partial charge in [0.25, 0.3) is 22.5 Å². The van der Waals surface area contributed by atoms with Crippen molar-refractivity contribution in [2.45, 2.75) is 24.9 Å². The fourth-order valence-corrected chi connectivity index (χ4v) is 7.15. The highest BCUT2D eigenvalue weighted by atomic mass is 32.2. The lowest BCUT2D eigenvalue weighted by atomic mass is 10.1.